The van der Waals surface area contributed by atoms with Crippen LogP contribution in [0.15, 0.2) is 52.4 Å². The number of carbonyl (C=O) groups excluding carboxylic acids is 1. The van der Waals surface area contributed by atoms with Crippen molar-refractivity contribution in [2.75, 3.05) is 11.1 Å². The van der Waals surface area contributed by atoms with Gasteiger partial charge in [-0.25, -0.2) is 4.98 Å². The molecule has 0 aliphatic rings. The number of aryl methyl sites for hydroxylation is 3. The predicted octanol–water partition coefficient (Wildman–Crippen LogP) is 6.71. The lowest BCUT2D eigenvalue weighted by Gasteiger charge is -2.13. The Hall–Kier alpha value is -2.61. The summed E-state index contributed by atoms with van der Waals surface area (Å²) >= 11 is 9.01. The maximum Gasteiger partial charge on any atom is 0.267 e. The molecule has 1 amide bonds. The van der Waals surface area contributed by atoms with Gasteiger partial charge in [0.05, 0.1) is 16.8 Å². The lowest BCUT2D eigenvalue weighted by Crippen LogP contribution is -2.23. The van der Waals surface area contributed by atoms with E-state index < -0.39 is 0 Å². The Morgan fingerprint density at radius 3 is 2.65 bits per heavy atom. The summed E-state index contributed by atoms with van der Waals surface area (Å²) in [6, 6.07) is 13.2. The standard InChI is InChI=1S/C26H26ClN3O2S2/c1-5-8-21-17(4)23-24(34-21)29-26(30(25(23)32)18-10-6-9-15(2)13-18)33-14-22(31)28-20-12-7-11-19(27)16(20)3/h6-7,9-13H,5,8,14H2,1-4H3,(H,28,31). The Morgan fingerprint density at radius 2 is 1.91 bits per heavy atom. The molecule has 5 nitrogen and oxygen atoms in total. The second-order valence-corrected chi connectivity index (χ2v) is 10.6. The summed E-state index contributed by atoms with van der Waals surface area (Å²) in [6.45, 7) is 7.98. The Morgan fingerprint density at radius 1 is 1.15 bits per heavy atom. The number of rotatable bonds is 7. The Labute approximate surface area is 212 Å². The molecule has 0 saturated carbocycles. The minimum absolute atomic E-state index is 0.0969. The van der Waals surface area contributed by atoms with Crippen LogP contribution in [-0.2, 0) is 11.2 Å². The molecule has 8 heteroatoms. The topological polar surface area (TPSA) is 64.0 Å². The van der Waals surface area contributed by atoms with Crippen molar-refractivity contribution in [1.82, 2.24) is 9.55 Å². The zero-order chi connectivity index (χ0) is 24.4. The van der Waals surface area contributed by atoms with Gasteiger partial charge in [-0.2, -0.15) is 0 Å². The summed E-state index contributed by atoms with van der Waals surface area (Å²) in [4.78, 5) is 33.2. The fourth-order valence-corrected chi connectivity index (χ4v) is 6.13. The van der Waals surface area contributed by atoms with E-state index >= 15 is 0 Å². The lowest BCUT2D eigenvalue weighted by molar-refractivity contribution is -0.113. The summed E-state index contributed by atoms with van der Waals surface area (Å²) < 4.78 is 1.63. The van der Waals surface area contributed by atoms with E-state index in [1.54, 1.807) is 28.0 Å². The molecule has 34 heavy (non-hydrogen) atoms. The molecule has 2 aromatic heterocycles. The summed E-state index contributed by atoms with van der Waals surface area (Å²) in [5.74, 6) is -0.0726. The number of anilines is 1. The number of thiophene rings is 1. The van der Waals surface area contributed by atoms with Crippen molar-refractivity contribution in [2.45, 2.75) is 45.7 Å². The van der Waals surface area contributed by atoms with Crippen molar-refractivity contribution in [3.05, 3.63) is 79.4 Å². The molecule has 0 atom stereocenters. The minimum atomic E-state index is -0.186. The molecule has 2 aromatic carbocycles. The van der Waals surface area contributed by atoms with Gasteiger partial charge in [0.2, 0.25) is 5.91 Å². The van der Waals surface area contributed by atoms with Crippen LogP contribution in [0.1, 0.15) is 34.9 Å². The van der Waals surface area contributed by atoms with Crippen LogP contribution in [0.3, 0.4) is 0 Å². The summed E-state index contributed by atoms with van der Waals surface area (Å²) in [5, 5.41) is 4.68. The highest BCUT2D eigenvalue weighted by Gasteiger charge is 2.20. The van der Waals surface area contributed by atoms with Crippen molar-refractivity contribution < 1.29 is 4.79 Å². The van der Waals surface area contributed by atoms with Crippen molar-refractivity contribution in [2.24, 2.45) is 0 Å². The van der Waals surface area contributed by atoms with Gasteiger partial charge in [-0.15, -0.1) is 11.3 Å². The Kier molecular flexibility index (Phi) is 7.45. The second-order valence-electron chi connectivity index (χ2n) is 8.20. The van der Waals surface area contributed by atoms with E-state index in [9.17, 15) is 9.59 Å². The number of hydrogen-bond donors (Lipinski definition) is 1. The average Bonchev–Trinajstić information content (AvgIpc) is 3.11. The number of aromatic nitrogens is 2. The number of nitrogens with one attached hydrogen (secondary N) is 1. The highest BCUT2D eigenvalue weighted by atomic mass is 35.5. The molecule has 0 aliphatic carbocycles. The van der Waals surface area contributed by atoms with Crippen molar-refractivity contribution in [3.63, 3.8) is 0 Å². The third kappa shape index (κ3) is 4.92. The predicted molar refractivity (Wildman–Crippen MR) is 144 cm³/mol. The highest BCUT2D eigenvalue weighted by Crippen LogP contribution is 2.31. The molecule has 176 valence electrons. The van der Waals surface area contributed by atoms with Crippen LogP contribution < -0.4 is 10.9 Å². The zero-order valence-electron chi connectivity index (χ0n) is 19.6. The van der Waals surface area contributed by atoms with Gasteiger partial charge in [0.1, 0.15) is 4.83 Å². The van der Waals surface area contributed by atoms with Crippen LogP contribution in [0, 0.1) is 20.8 Å². The fourth-order valence-electron chi connectivity index (χ4n) is 3.83. The number of hydrogen-bond acceptors (Lipinski definition) is 5. The summed E-state index contributed by atoms with van der Waals surface area (Å²) in [5.41, 5.74) is 4.19. The monoisotopic (exact) mass is 511 g/mol. The van der Waals surface area contributed by atoms with E-state index in [0.717, 1.165) is 40.0 Å². The molecule has 0 fully saturated rings. The quantitative estimate of drug-likeness (QED) is 0.221. The van der Waals surface area contributed by atoms with E-state index in [-0.39, 0.29) is 17.2 Å². The normalized spacial score (nSPS) is 11.2. The first-order valence-corrected chi connectivity index (χ1v) is 13.3. The molecule has 0 unspecified atom stereocenters. The van der Waals surface area contributed by atoms with Crippen molar-refractivity contribution in [1.29, 1.82) is 0 Å². The van der Waals surface area contributed by atoms with Gasteiger partial charge < -0.3 is 5.32 Å². The number of thioether (sulfide) groups is 1. The molecule has 4 rings (SSSR count). The highest BCUT2D eigenvalue weighted by molar-refractivity contribution is 7.99. The number of benzene rings is 2. The molecular weight excluding hydrogens is 486 g/mol. The van der Waals surface area contributed by atoms with Crippen molar-refractivity contribution >= 4 is 56.5 Å². The zero-order valence-corrected chi connectivity index (χ0v) is 22.0. The first-order chi connectivity index (χ1) is 16.3. The molecule has 0 saturated heterocycles. The maximum absolute atomic E-state index is 13.7. The van der Waals surface area contributed by atoms with Gasteiger partial charge in [-0.05, 0) is 68.1 Å². The van der Waals surface area contributed by atoms with Gasteiger partial charge in [0.25, 0.3) is 5.56 Å². The fraction of sp³-hybridized carbons (Fsp3) is 0.269. The number of amides is 1. The number of fused-ring (bicyclic) bond motifs is 1. The molecule has 1 N–H and O–H groups in total. The molecule has 0 radical (unpaired) electrons. The minimum Gasteiger partial charge on any atom is -0.325 e. The van der Waals surface area contributed by atoms with Crippen molar-refractivity contribution in [3.8, 4) is 5.69 Å². The molecule has 0 aliphatic heterocycles. The van der Waals surface area contributed by atoms with E-state index in [1.807, 2.05) is 51.1 Å². The van der Waals surface area contributed by atoms with Crippen LogP contribution in [-0.4, -0.2) is 21.2 Å². The maximum atomic E-state index is 13.7. The van der Waals surface area contributed by atoms with Crippen LogP contribution >= 0.6 is 34.7 Å². The van der Waals surface area contributed by atoms with Gasteiger partial charge >= 0.3 is 0 Å². The molecule has 0 spiro atoms. The number of nitrogens with zero attached hydrogens (tertiary/aromatic N) is 2. The van der Waals surface area contributed by atoms with Gasteiger partial charge in [-0.1, -0.05) is 54.9 Å². The summed E-state index contributed by atoms with van der Waals surface area (Å²) in [6.07, 6.45) is 1.92. The second kappa shape index (κ2) is 10.3. The lowest BCUT2D eigenvalue weighted by atomic mass is 10.1. The van der Waals surface area contributed by atoms with Crippen LogP contribution in [0.5, 0.6) is 0 Å². The summed E-state index contributed by atoms with van der Waals surface area (Å²) in [7, 11) is 0. The average molecular weight is 512 g/mol. The molecule has 4 aromatic rings. The smallest absolute Gasteiger partial charge is 0.267 e. The first-order valence-electron chi connectivity index (χ1n) is 11.1. The van der Waals surface area contributed by atoms with E-state index in [2.05, 4.69) is 12.2 Å². The third-order valence-corrected chi connectivity index (χ3v) is 8.24. The van der Waals surface area contributed by atoms with Crippen LogP contribution in [0.25, 0.3) is 15.9 Å². The SMILES string of the molecule is CCCc1sc2nc(SCC(=O)Nc3cccc(Cl)c3C)n(-c3cccc(C)c3)c(=O)c2c1C. The van der Waals surface area contributed by atoms with E-state index in [1.165, 1.54) is 16.6 Å². The Balaban J connectivity index is 1.73. The number of halogens is 1. The Bertz CT molecular complexity index is 1440. The molecule has 0 bridgehead atoms. The molecular formula is C26H26ClN3O2S2. The van der Waals surface area contributed by atoms with Gasteiger partial charge in [-0.3, -0.25) is 14.2 Å². The first kappa shape index (κ1) is 24.5. The largest absolute Gasteiger partial charge is 0.325 e. The van der Waals surface area contributed by atoms with Crippen LogP contribution in [0.4, 0.5) is 5.69 Å². The van der Waals surface area contributed by atoms with Crippen LogP contribution in [0.2, 0.25) is 5.02 Å². The van der Waals surface area contributed by atoms with Gasteiger partial charge in [0, 0.05) is 15.6 Å². The van der Waals surface area contributed by atoms with E-state index in [4.69, 9.17) is 16.6 Å². The number of carbonyl (C=O) groups is 1. The van der Waals surface area contributed by atoms with E-state index in [0.29, 0.717) is 21.3 Å². The van der Waals surface area contributed by atoms with Gasteiger partial charge in [0.15, 0.2) is 5.16 Å². The molecule has 2 heterocycles. The third-order valence-electron chi connectivity index (χ3n) is 5.64.